The molecule has 4 unspecified atom stereocenters. The first-order chi connectivity index (χ1) is 20.5. The van der Waals surface area contributed by atoms with Crippen LogP contribution in [0.3, 0.4) is 0 Å². The fraction of sp³-hybridized carbons (Fsp3) is 0.647. The van der Waals surface area contributed by atoms with Crippen molar-refractivity contribution in [2.75, 3.05) is 26.4 Å². The predicted octanol–water partition coefficient (Wildman–Crippen LogP) is 5.82. The molecule has 0 radical (unpaired) electrons. The van der Waals surface area contributed by atoms with Gasteiger partial charge in [-0.2, -0.15) is 0 Å². The van der Waals surface area contributed by atoms with Gasteiger partial charge in [0.15, 0.2) is 11.8 Å². The molecule has 4 aliphatic carbocycles. The second-order valence-corrected chi connectivity index (χ2v) is 12.1. The number of rotatable bonds is 13. The quantitative estimate of drug-likeness (QED) is 0.116. The van der Waals surface area contributed by atoms with E-state index in [1.54, 1.807) is 0 Å². The summed E-state index contributed by atoms with van der Waals surface area (Å²) >= 11 is 0. The summed E-state index contributed by atoms with van der Waals surface area (Å²) in [5, 5.41) is 0. The van der Waals surface area contributed by atoms with E-state index in [0.717, 1.165) is 77.0 Å². The summed E-state index contributed by atoms with van der Waals surface area (Å²) in [6, 6.07) is 0. The highest BCUT2D eigenvalue weighted by molar-refractivity contribution is 6.07. The number of carbonyl (C=O) groups is 4. The van der Waals surface area contributed by atoms with Crippen LogP contribution in [-0.4, -0.2) is 50.3 Å². The zero-order valence-electron chi connectivity index (χ0n) is 24.7. The van der Waals surface area contributed by atoms with E-state index in [1.807, 2.05) is 24.3 Å². The minimum absolute atomic E-state index is 0.0972. The van der Waals surface area contributed by atoms with Crippen LogP contribution < -0.4 is 0 Å². The third-order valence-electron chi connectivity index (χ3n) is 8.70. The monoisotopic (exact) mass is 582 g/mol. The van der Waals surface area contributed by atoms with E-state index in [2.05, 4.69) is 24.3 Å². The maximum Gasteiger partial charge on any atom is 0.321 e. The number of esters is 4. The van der Waals surface area contributed by atoms with E-state index in [4.69, 9.17) is 18.9 Å². The molecule has 0 bridgehead atoms. The maximum absolute atomic E-state index is 13.6. The molecule has 0 saturated carbocycles. The van der Waals surface area contributed by atoms with Crippen molar-refractivity contribution in [3.05, 3.63) is 48.6 Å². The van der Waals surface area contributed by atoms with Gasteiger partial charge in [0.2, 0.25) is 0 Å². The average molecular weight is 583 g/mol. The van der Waals surface area contributed by atoms with Crippen molar-refractivity contribution < 1.29 is 38.1 Å². The highest BCUT2D eigenvalue weighted by Gasteiger charge is 2.49. The lowest BCUT2D eigenvalue weighted by atomic mass is 9.90. The summed E-state index contributed by atoms with van der Waals surface area (Å²) in [7, 11) is 0. The van der Waals surface area contributed by atoms with Crippen LogP contribution in [0.15, 0.2) is 48.6 Å². The van der Waals surface area contributed by atoms with Gasteiger partial charge in [-0.25, -0.2) is 0 Å². The minimum atomic E-state index is -1.79. The van der Waals surface area contributed by atoms with Gasteiger partial charge < -0.3 is 18.9 Å². The predicted molar refractivity (Wildman–Crippen MR) is 157 cm³/mol. The molecule has 0 fully saturated rings. The smallest absolute Gasteiger partial charge is 0.321 e. The fourth-order valence-electron chi connectivity index (χ4n) is 5.93. The number of hydrogen-bond acceptors (Lipinski definition) is 8. The van der Waals surface area contributed by atoms with E-state index in [1.165, 1.54) is 0 Å². The average Bonchev–Trinajstić information content (AvgIpc) is 3.04. The molecule has 8 heteroatoms. The second-order valence-electron chi connectivity index (χ2n) is 12.1. The van der Waals surface area contributed by atoms with Crippen LogP contribution in [0.4, 0.5) is 0 Å². The highest BCUT2D eigenvalue weighted by Crippen LogP contribution is 2.27. The molecule has 4 atom stereocenters. The van der Waals surface area contributed by atoms with Crippen LogP contribution in [0.2, 0.25) is 0 Å². The van der Waals surface area contributed by atoms with Crippen molar-refractivity contribution in [1.29, 1.82) is 0 Å². The lowest BCUT2D eigenvalue weighted by Gasteiger charge is -2.26. The number of carbonyl (C=O) groups excluding carboxylic acids is 4. The third-order valence-corrected chi connectivity index (χ3v) is 8.70. The standard InChI is InChI=1S/C34H46O8/c35-31(39-21-25-13-5-1-6-14-25)29(32(36)40-22-26-15-7-2-8-16-26)30(33(37)41-23-27-17-9-3-10-18-27)34(38)42-24-28-19-11-4-12-20-28/h1-5,7,9,11,25-30H,6,8,10,12-24H2. The second kappa shape index (κ2) is 17.1. The molecule has 0 N–H and O–H groups in total. The van der Waals surface area contributed by atoms with E-state index < -0.39 is 35.7 Å². The summed E-state index contributed by atoms with van der Waals surface area (Å²) < 4.78 is 22.4. The molecule has 0 aromatic carbocycles. The van der Waals surface area contributed by atoms with E-state index in [-0.39, 0.29) is 50.1 Å². The van der Waals surface area contributed by atoms with Crippen LogP contribution in [0.5, 0.6) is 0 Å². The van der Waals surface area contributed by atoms with Gasteiger partial charge in [-0.05, 0) is 101 Å². The molecule has 4 aliphatic rings. The van der Waals surface area contributed by atoms with Gasteiger partial charge in [0, 0.05) is 0 Å². The Morgan fingerprint density at radius 1 is 0.429 bits per heavy atom. The first-order valence-corrected chi connectivity index (χ1v) is 15.8. The lowest BCUT2D eigenvalue weighted by molar-refractivity contribution is -0.181. The normalized spacial score (nSPS) is 26.6. The SMILES string of the molecule is O=C(OCC1CC=CCC1)C(C(=O)OCC1CC=CCC1)C(C(=O)OCC1CC=CCC1)C(=O)OCC1CC=CCC1. The van der Waals surface area contributed by atoms with Crippen molar-refractivity contribution in [2.45, 2.75) is 77.0 Å². The topological polar surface area (TPSA) is 105 Å². The molecule has 0 amide bonds. The Morgan fingerprint density at radius 3 is 0.857 bits per heavy atom. The molecule has 4 rings (SSSR count). The lowest BCUT2D eigenvalue weighted by Crippen LogP contribution is -2.45. The minimum Gasteiger partial charge on any atom is -0.465 e. The van der Waals surface area contributed by atoms with Gasteiger partial charge in [-0.15, -0.1) is 0 Å². The van der Waals surface area contributed by atoms with E-state index in [9.17, 15) is 19.2 Å². The van der Waals surface area contributed by atoms with E-state index in [0.29, 0.717) is 0 Å². The van der Waals surface area contributed by atoms with Gasteiger partial charge in [0.05, 0.1) is 26.4 Å². The molecule has 0 saturated heterocycles. The molecule has 0 heterocycles. The van der Waals surface area contributed by atoms with Gasteiger partial charge in [-0.3, -0.25) is 19.2 Å². The van der Waals surface area contributed by atoms with Crippen LogP contribution in [0, 0.1) is 35.5 Å². The molecule has 0 spiro atoms. The highest BCUT2D eigenvalue weighted by atomic mass is 16.6. The Labute approximate surface area is 249 Å². The molecular formula is C34H46O8. The first kappa shape index (κ1) is 31.8. The molecule has 0 aliphatic heterocycles. The third kappa shape index (κ3) is 9.99. The Hall–Kier alpha value is -3.16. The van der Waals surface area contributed by atoms with Gasteiger partial charge in [0.25, 0.3) is 0 Å². The Bertz CT molecular complexity index is 878. The van der Waals surface area contributed by atoms with Crippen LogP contribution >= 0.6 is 0 Å². The van der Waals surface area contributed by atoms with E-state index >= 15 is 0 Å². The number of allylic oxidation sites excluding steroid dienone is 8. The molecular weight excluding hydrogens is 536 g/mol. The molecule has 0 aromatic heterocycles. The Kier molecular flexibility index (Phi) is 12.9. The molecule has 8 nitrogen and oxygen atoms in total. The van der Waals surface area contributed by atoms with Gasteiger partial charge in [0.1, 0.15) is 0 Å². The van der Waals surface area contributed by atoms with Crippen molar-refractivity contribution in [3.8, 4) is 0 Å². The van der Waals surface area contributed by atoms with Crippen molar-refractivity contribution in [1.82, 2.24) is 0 Å². The zero-order valence-corrected chi connectivity index (χ0v) is 24.7. The van der Waals surface area contributed by atoms with Gasteiger partial charge >= 0.3 is 23.9 Å². The Morgan fingerprint density at radius 2 is 0.667 bits per heavy atom. The zero-order chi connectivity index (χ0) is 29.6. The summed E-state index contributed by atoms with van der Waals surface area (Å²) in [5.74, 6) is -6.92. The van der Waals surface area contributed by atoms with Crippen LogP contribution in [-0.2, 0) is 38.1 Å². The van der Waals surface area contributed by atoms with Crippen LogP contribution in [0.25, 0.3) is 0 Å². The first-order valence-electron chi connectivity index (χ1n) is 15.8. The summed E-state index contributed by atoms with van der Waals surface area (Å²) in [4.78, 5) is 54.2. The fourth-order valence-corrected chi connectivity index (χ4v) is 5.93. The van der Waals surface area contributed by atoms with Crippen molar-refractivity contribution in [3.63, 3.8) is 0 Å². The Balaban J connectivity index is 1.50. The largest absolute Gasteiger partial charge is 0.465 e. The molecule has 230 valence electrons. The molecule has 0 aromatic rings. The molecule has 42 heavy (non-hydrogen) atoms. The number of ether oxygens (including phenoxy) is 4. The summed E-state index contributed by atoms with van der Waals surface area (Å²) in [6.45, 7) is 0.389. The van der Waals surface area contributed by atoms with Gasteiger partial charge in [-0.1, -0.05) is 48.6 Å². The van der Waals surface area contributed by atoms with Crippen molar-refractivity contribution in [2.24, 2.45) is 35.5 Å². The maximum atomic E-state index is 13.6. The summed E-state index contributed by atoms with van der Waals surface area (Å²) in [5.41, 5.74) is 0. The number of hydrogen-bond donors (Lipinski definition) is 0. The van der Waals surface area contributed by atoms with Crippen molar-refractivity contribution >= 4 is 23.9 Å². The van der Waals surface area contributed by atoms with Crippen LogP contribution in [0.1, 0.15) is 77.0 Å². The summed E-state index contributed by atoms with van der Waals surface area (Å²) in [6.07, 6.45) is 26.5.